The highest BCUT2D eigenvalue weighted by Gasteiger charge is 2.21. The van der Waals surface area contributed by atoms with Gasteiger partial charge in [0.15, 0.2) is 0 Å². The fourth-order valence-electron chi connectivity index (χ4n) is 2.63. The van der Waals surface area contributed by atoms with Crippen LogP contribution in [0.3, 0.4) is 0 Å². The first-order chi connectivity index (χ1) is 10.0. The molecule has 0 aliphatic rings. The van der Waals surface area contributed by atoms with Crippen LogP contribution in [-0.4, -0.2) is 17.1 Å². The van der Waals surface area contributed by atoms with Gasteiger partial charge in [0.2, 0.25) is 0 Å². The third-order valence-electron chi connectivity index (χ3n) is 3.62. The Kier molecular flexibility index (Phi) is 4.68. The first-order valence-corrected chi connectivity index (χ1v) is 7.18. The number of ether oxygens (including phenoxy) is 1. The summed E-state index contributed by atoms with van der Waals surface area (Å²) in [4.78, 5) is 12.0. The van der Waals surface area contributed by atoms with Gasteiger partial charge in [0.25, 0.3) is 0 Å². The summed E-state index contributed by atoms with van der Waals surface area (Å²) in [6.07, 6.45) is 0.314. The van der Waals surface area contributed by atoms with Gasteiger partial charge in [-0.05, 0) is 50.6 Å². The number of nitrogens with two attached hydrogens (primary N) is 1. The summed E-state index contributed by atoms with van der Waals surface area (Å²) < 4.78 is 7.29. The van der Waals surface area contributed by atoms with Crippen LogP contribution in [0.15, 0.2) is 36.4 Å². The predicted octanol–water partition coefficient (Wildman–Crippen LogP) is 3.23. The maximum Gasteiger partial charge on any atom is 0.308 e. The monoisotopic (exact) mass is 286 g/mol. The Hall–Kier alpha value is -2.23. The average molecular weight is 286 g/mol. The standard InChI is InChI=1S/C17H22N2O2/c1-4-21-17(20)11-16(14-7-9-15(18)10-8-14)19-12(2)5-6-13(19)3/h5-10,16H,4,11,18H2,1-3H3/t16-/m1/s1. The molecule has 2 N–H and O–H groups in total. The lowest BCUT2D eigenvalue weighted by Crippen LogP contribution is -2.19. The van der Waals surface area contributed by atoms with Crippen LogP contribution in [0, 0.1) is 13.8 Å². The van der Waals surface area contributed by atoms with E-state index in [9.17, 15) is 4.79 Å². The van der Waals surface area contributed by atoms with Gasteiger partial charge in [-0.2, -0.15) is 0 Å². The second-order valence-corrected chi connectivity index (χ2v) is 5.18. The van der Waals surface area contributed by atoms with E-state index in [1.165, 1.54) is 0 Å². The van der Waals surface area contributed by atoms with Crippen molar-refractivity contribution in [1.29, 1.82) is 0 Å². The quantitative estimate of drug-likeness (QED) is 0.678. The van der Waals surface area contributed by atoms with Crippen molar-refractivity contribution in [2.75, 3.05) is 12.3 Å². The molecule has 0 aliphatic carbocycles. The minimum Gasteiger partial charge on any atom is -0.466 e. The Balaban J connectivity index is 2.39. The zero-order valence-corrected chi connectivity index (χ0v) is 12.8. The Labute approximate surface area is 125 Å². The fraction of sp³-hybridized carbons (Fsp3) is 0.353. The predicted molar refractivity (Wildman–Crippen MR) is 84.1 cm³/mol. The number of rotatable bonds is 5. The van der Waals surface area contributed by atoms with Crippen molar-refractivity contribution >= 4 is 11.7 Å². The van der Waals surface area contributed by atoms with Crippen LogP contribution in [0.4, 0.5) is 5.69 Å². The Morgan fingerprint density at radius 3 is 2.24 bits per heavy atom. The van der Waals surface area contributed by atoms with E-state index < -0.39 is 0 Å². The summed E-state index contributed by atoms with van der Waals surface area (Å²) in [6.45, 7) is 6.31. The van der Waals surface area contributed by atoms with Crippen LogP contribution < -0.4 is 5.73 Å². The highest BCUT2D eigenvalue weighted by atomic mass is 16.5. The summed E-state index contributed by atoms with van der Waals surface area (Å²) >= 11 is 0. The molecule has 0 saturated heterocycles. The van der Waals surface area contributed by atoms with Crippen LogP contribution >= 0.6 is 0 Å². The zero-order valence-electron chi connectivity index (χ0n) is 12.8. The average Bonchev–Trinajstić information content (AvgIpc) is 2.77. The molecule has 112 valence electrons. The molecule has 0 amide bonds. The molecule has 21 heavy (non-hydrogen) atoms. The summed E-state index contributed by atoms with van der Waals surface area (Å²) in [6, 6.07) is 11.7. The first-order valence-electron chi connectivity index (χ1n) is 7.18. The van der Waals surface area contributed by atoms with Gasteiger partial charge in [-0.1, -0.05) is 12.1 Å². The van der Waals surface area contributed by atoms with Gasteiger partial charge in [0, 0.05) is 17.1 Å². The number of aryl methyl sites for hydroxylation is 2. The molecule has 0 saturated carbocycles. The van der Waals surface area contributed by atoms with Crippen LogP contribution in [-0.2, 0) is 9.53 Å². The highest BCUT2D eigenvalue weighted by Crippen LogP contribution is 2.27. The number of carbonyl (C=O) groups is 1. The summed E-state index contributed by atoms with van der Waals surface area (Å²) in [5.41, 5.74) is 9.78. The molecule has 0 radical (unpaired) electrons. The molecule has 0 bridgehead atoms. The molecule has 2 rings (SSSR count). The Morgan fingerprint density at radius 1 is 1.14 bits per heavy atom. The van der Waals surface area contributed by atoms with Gasteiger partial charge >= 0.3 is 5.97 Å². The number of hydrogen-bond acceptors (Lipinski definition) is 3. The number of nitrogen functional groups attached to an aromatic ring is 1. The number of esters is 1. The van der Waals surface area contributed by atoms with Crippen LogP contribution in [0.1, 0.15) is 36.3 Å². The van der Waals surface area contributed by atoms with Crippen molar-refractivity contribution in [3.8, 4) is 0 Å². The number of benzene rings is 1. The number of anilines is 1. The van der Waals surface area contributed by atoms with Crippen molar-refractivity contribution in [2.24, 2.45) is 0 Å². The fourth-order valence-corrected chi connectivity index (χ4v) is 2.63. The van der Waals surface area contributed by atoms with Crippen LogP contribution in [0.5, 0.6) is 0 Å². The second-order valence-electron chi connectivity index (χ2n) is 5.18. The van der Waals surface area contributed by atoms with E-state index in [4.69, 9.17) is 10.5 Å². The van der Waals surface area contributed by atoms with E-state index in [0.29, 0.717) is 13.0 Å². The number of aromatic nitrogens is 1. The molecular formula is C17H22N2O2. The Morgan fingerprint density at radius 2 is 1.71 bits per heavy atom. The minimum atomic E-state index is -0.188. The molecule has 1 aromatic carbocycles. The Bertz CT molecular complexity index is 595. The van der Waals surface area contributed by atoms with E-state index in [2.05, 4.69) is 16.7 Å². The molecule has 4 heteroatoms. The number of nitrogens with zero attached hydrogens (tertiary/aromatic N) is 1. The molecule has 0 fully saturated rings. The van der Waals surface area contributed by atoms with Crippen molar-refractivity contribution in [2.45, 2.75) is 33.2 Å². The maximum absolute atomic E-state index is 12.0. The van der Waals surface area contributed by atoms with Crippen molar-refractivity contribution in [1.82, 2.24) is 4.57 Å². The van der Waals surface area contributed by atoms with E-state index in [-0.39, 0.29) is 12.0 Å². The number of carbonyl (C=O) groups excluding carboxylic acids is 1. The van der Waals surface area contributed by atoms with Gasteiger partial charge in [-0.25, -0.2) is 0 Å². The van der Waals surface area contributed by atoms with Gasteiger partial charge < -0.3 is 15.0 Å². The molecule has 0 spiro atoms. The van der Waals surface area contributed by atoms with Crippen molar-refractivity contribution in [3.63, 3.8) is 0 Å². The van der Waals surface area contributed by atoms with Crippen LogP contribution in [0.2, 0.25) is 0 Å². The topological polar surface area (TPSA) is 57.2 Å². The molecule has 1 heterocycles. The molecule has 0 aliphatic heterocycles. The molecule has 2 aromatic rings. The van der Waals surface area contributed by atoms with E-state index in [1.54, 1.807) is 0 Å². The SMILES string of the molecule is CCOC(=O)C[C@H](c1ccc(N)cc1)n1c(C)ccc1C. The van der Waals surface area contributed by atoms with Crippen LogP contribution in [0.25, 0.3) is 0 Å². The number of hydrogen-bond donors (Lipinski definition) is 1. The van der Waals surface area contributed by atoms with Gasteiger partial charge in [-0.15, -0.1) is 0 Å². The summed E-state index contributed by atoms with van der Waals surface area (Å²) in [5.74, 6) is -0.188. The zero-order chi connectivity index (χ0) is 15.4. The molecule has 1 atom stereocenters. The van der Waals surface area contributed by atoms with E-state index >= 15 is 0 Å². The molecule has 4 nitrogen and oxygen atoms in total. The van der Waals surface area contributed by atoms with E-state index in [1.807, 2.05) is 45.0 Å². The lowest BCUT2D eigenvalue weighted by Gasteiger charge is -2.22. The summed E-state index contributed by atoms with van der Waals surface area (Å²) in [5, 5.41) is 0. The lowest BCUT2D eigenvalue weighted by molar-refractivity contribution is -0.143. The van der Waals surface area contributed by atoms with Gasteiger partial charge in [0.1, 0.15) is 0 Å². The van der Waals surface area contributed by atoms with Gasteiger partial charge in [-0.3, -0.25) is 4.79 Å². The maximum atomic E-state index is 12.0. The third kappa shape index (κ3) is 3.45. The normalized spacial score (nSPS) is 12.1. The highest BCUT2D eigenvalue weighted by molar-refractivity contribution is 5.70. The molecular weight excluding hydrogens is 264 g/mol. The summed E-state index contributed by atoms with van der Waals surface area (Å²) in [7, 11) is 0. The van der Waals surface area contributed by atoms with Gasteiger partial charge in [0.05, 0.1) is 19.1 Å². The molecule has 0 unspecified atom stereocenters. The third-order valence-corrected chi connectivity index (χ3v) is 3.62. The van der Waals surface area contributed by atoms with E-state index in [0.717, 1.165) is 22.6 Å². The first kappa shape index (κ1) is 15.2. The van der Waals surface area contributed by atoms with Crippen molar-refractivity contribution in [3.05, 3.63) is 53.3 Å². The molecule has 1 aromatic heterocycles. The minimum absolute atomic E-state index is 0.0698. The van der Waals surface area contributed by atoms with Crippen molar-refractivity contribution < 1.29 is 9.53 Å². The second kappa shape index (κ2) is 6.48. The smallest absolute Gasteiger partial charge is 0.308 e. The largest absolute Gasteiger partial charge is 0.466 e. The lowest BCUT2D eigenvalue weighted by atomic mass is 10.0.